The van der Waals surface area contributed by atoms with Gasteiger partial charge >= 0.3 is 10.1 Å². The fourth-order valence-electron chi connectivity index (χ4n) is 4.23. The number of halogens is 2. The fourth-order valence-corrected chi connectivity index (χ4v) is 10.2. The molecule has 1 N–H and O–H groups in total. The minimum Gasteiger partial charge on any atom is -0.258 e. The summed E-state index contributed by atoms with van der Waals surface area (Å²) < 4.78 is 60.1. The third kappa shape index (κ3) is 4.39. The van der Waals surface area contributed by atoms with E-state index < -0.39 is 37.0 Å². The van der Waals surface area contributed by atoms with Gasteiger partial charge in [0.05, 0.1) is 25.0 Å². The maximum Gasteiger partial charge on any atom is 0.425 e. The standard InChI is InChI=1S/C27H24F2O3S2/c1-19-16-20(2)27(21(3)17-19)33(23-10-6-4-7-11-23,24-12-8-5-9-13-24)32-34(30,31)26-15-14-22(28)18-25(26)29/h4-18H,1-3H3/p+1. The third-order valence-corrected chi connectivity index (χ3v) is 11.2. The first kappa shape index (κ1) is 24.1. The zero-order valence-corrected chi connectivity index (χ0v) is 20.6. The molecule has 0 radical (unpaired) electrons. The summed E-state index contributed by atoms with van der Waals surface area (Å²) >= 11 is 0. The highest BCUT2D eigenvalue weighted by Crippen LogP contribution is 2.70. The molecule has 0 aliphatic carbocycles. The minimum absolute atomic E-state index is 0.562. The Morgan fingerprint density at radius 2 is 1.18 bits per heavy atom. The lowest BCUT2D eigenvalue weighted by molar-refractivity contribution is 0.382. The Balaban J connectivity index is 2.10. The number of aryl methyl sites for hydroxylation is 3. The number of hydrogen-bond acceptors (Lipinski definition) is 2. The smallest absolute Gasteiger partial charge is 0.258 e. The van der Waals surface area contributed by atoms with Gasteiger partial charge in [0.2, 0.25) is 0 Å². The molecule has 176 valence electrons. The van der Waals surface area contributed by atoms with Gasteiger partial charge in [-0.3, -0.25) is 3.63 Å². The molecular weight excluding hydrogens is 474 g/mol. The molecule has 0 aliphatic heterocycles. The Hall–Kier alpha value is -3.00. The quantitative estimate of drug-likeness (QED) is 0.203. The highest BCUT2D eigenvalue weighted by atomic mass is 32.3. The molecule has 0 unspecified atom stereocenters. The van der Waals surface area contributed by atoms with Gasteiger partial charge in [0.25, 0.3) is 0 Å². The van der Waals surface area contributed by atoms with Crippen LogP contribution in [0.25, 0.3) is 0 Å². The molecule has 4 aromatic carbocycles. The molecule has 3 nitrogen and oxygen atoms in total. The Morgan fingerprint density at radius 3 is 1.65 bits per heavy atom. The zero-order chi connectivity index (χ0) is 24.5. The number of hydrogen-bond donors (Lipinski definition) is 0. The average molecular weight is 500 g/mol. The van der Waals surface area contributed by atoms with Crippen molar-refractivity contribution in [3.63, 3.8) is 0 Å². The first-order valence-electron chi connectivity index (χ1n) is 10.6. The molecule has 0 spiro atoms. The van der Waals surface area contributed by atoms with Crippen molar-refractivity contribution >= 4 is 20.4 Å². The van der Waals surface area contributed by atoms with E-state index in [-0.39, 0.29) is 0 Å². The number of rotatable bonds is 6. The number of benzene rings is 4. The van der Waals surface area contributed by atoms with Crippen molar-refractivity contribution in [1.29, 1.82) is 0 Å². The van der Waals surface area contributed by atoms with E-state index in [1.807, 2.05) is 93.6 Å². The summed E-state index contributed by atoms with van der Waals surface area (Å²) in [6.07, 6.45) is 0. The predicted molar refractivity (Wildman–Crippen MR) is 132 cm³/mol. The van der Waals surface area contributed by atoms with Gasteiger partial charge in [-0.15, -0.1) is 8.42 Å². The molecule has 7 heteroatoms. The molecule has 0 aromatic heterocycles. The van der Waals surface area contributed by atoms with Crippen LogP contribution in [0.5, 0.6) is 0 Å². The summed E-state index contributed by atoms with van der Waals surface area (Å²) in [7, 11) is -7.30. The zero-order valence-electron chi connectivity index (χ0n) is 19.0. The Morgan fingerprint density at radius 1 is 0.676 bits per heavy atom. The molecule has 0 saturated carbocycles. The topological polar surface area (TPSA) is 46.9 Å². The highest BCUT2D eigenvalue weighted by Gasteiger charge is 2.46. The largest absolute Gasteiger partial charge is 0.425 e. The van der Waals surface area contributed by atoms with E-state index in [1.54, 1.807) is 0 Å². The SMILES string of the molecule is Cc1cc(C)c(S([OH+]S(=O)(=O)c2ccc(F)cc2F)(c2ccccc2)c2ccccc2)c(C)c1. The van der Waals surface area contributed by atoms with E-state index in [9.17, 15) is 17.2 Å². The van der Waals surface area contributed by atoms with Crippen LogP contribution in [-0.2, 0) is 10.1 Å². The van der Waals surface area contributed by atoms with E-state index in [0.29, 0.717) is 15.9 Å². The van der Waals surface area contributed by atoms with Crippen LogP contribution in [0, 0.1) is 32.4 Å². The normalized spacial score (nSPS) is 12.5. The van der Waals surface area contributed by atoms with Crippen molar-refractivity contribution < 1.29 is 20.8 Å². The molecule has 0 atom stereocenters. The lowest BCUT2D eigenvalue weighted by atomic mass is 10.1. The van der Waals surface area contributed by atoms with Crippen LogP contribution >= 0.6 is 10.3 Å². The monoisotopic (exact) mass is 499 g/mol. The molecule has 0 heterocycles. The summed E-state index contributed by atoms with van der Waals surface area (Å²) in [6.45, 7) is 5.85. The van der Waals surface area contributed by atoms with Gasteiger partial charge in [-0.1, -0.05) is 54.1 Å². The molecule has 0 saturated heterocycles. The second-order valence-corrected chi connectivity index (χ2v) is 12.6. The van der Waals surface area contributed by atoms with Crippen LogP contribution in [0.4, 0.5) is 8.78 Å². The van der Waals surface area contributed by atoms with Gasteiger partial charge in [0.1, 0.15) is 5.82 Å². The van der Waals surface area contributed by atoms with Crippen molar-refractivity contribution in [3.8, 4) is 0 Å². The van der Waals surface area contributed by atoms with Crippen molar-refractivity contribution in [1.82, 2.24) is 0 Å². The maximum absolute atomic E-state index is 14.7. The molecule has 0 aliphatic rings. The summed E-state index contributed by atoms with van der Waals surface area (Å²) in [5.41, 5.74) is 2.82. The Labute approximate surface area is 200 Å². The fraction of sp³-hybridized carbons (Fsp3) is 0.111. The van der Waals surface area contributed by atoms with Gasteiger partial charge in [0, 0.05) is 6.07 Å². The molecule has 34 heavy (non-hydrogen) atoms. The van der Waals surface area contributed by atoms with Crippen molar-refractivity contribution in [2.75, 3.05) is 0 Å². The lowest BCUT2D eigenvalue weighted by Crippen LogP contribution is -2.21. The average Bonchev–Trinajstić information content (AvgIpc) is 2.78. The van der Waals surface area contributed by atoms with Crippen LogP contribution in [-0.4, -0.2) is 12.0 Å². The molecule has 0 bridgehead atoms. The second kappa shape index (κ2) is 9.33. The van der Waals surface area contributed by atoms with Gasteiger partial charge in [-0.2, -0.15) is 0 Å². The van der Waals surface area contributed by atoms with Crippen molar-refractivity contribution in [3.05, 3.63) is 119 Å². The summed E-state index contributed by atoms with van der Waals surface area (Å²) in [5.74, 6) is -2.03. The molecule has 4 aromatic rings. The Bertz CT molecular complexity index is 1380. The van der Waals surface area contributed by atoms with Gasteiger partial charge < -0.3 is 0 Å². The van der Waals surface area contributed by atoms with E-state index in [2.05, 4.69) is 3.63 Å². The van der Waals surface area contributed by atoms with E-state index >= 15 is 0 Å². The second-order valence-electron chi connectivity index (χ2n) is 8.06. The van der Waals surface area contributed by atoms with E-state index in [0.717, 1.165) is 33.7 Å². The van der Waals surface area contributed by atoms with E-state index in [1.165, 1.54) is 0 Å². The molecule has 0 fully saturated rings. The predicted octanol–water partition coefficient (Wildman–Crippen LogP) is 7.57. The maximum atomic E-state index is 14.7. The minimum atomic E-state index is -4.53. The molecule has 4 rings (SSSR count). The molecular formula is C27H25F2O3S2+. The first-order valence-corrected chi connectivity index (χ1v) is 13.6. The van der Waals surface area contributed by atoms with Crippen molar-refractivity contribution in [2.45, 2.75) is 40.4 Å². The van der Waals surface area contributed by atoms with Crippen LogP contribution in [0.2, 0.25) is 0 Å². The summed E-state index contributed by atoms with van der Waals surface area (Å²) in [6, 6.07) is 24.8. The van der Waals surface area contributed by atoms with Crippen molar-refractivity contribution in [2.24, 2.45) is 0 Å². The van der Waals surface area contributed by atoms with Crippen LogP contribution in [0.3, 0.4) is 0 Å². The lowest BCUT2D eigenvalue weighted by Gasteiger charge is -2.37. The molecule has 0 amide bonds. The van der Waals surface area contributed by atoms with Crippen LogP contribution < -0.4 is 0 Å². The van der Waals surface area contributed by atoms with Gasteiger partial charge in [-0.05, 0) is 68.3 Å². The van der Waals surface area contributed by atoms with E-state index in [4.69, 9.17) is 0 Å². The van der Waals surface area contributed by atoms with Crippen LogP contribution in [0.1, 0.15) is 16.7 Å². The first-order chi connectivity index (χ1) is 16.1. The highest BCUT2D eigenvalue weighted by molar-refractivity contribution is 8.32. The van der Waals surface area contributed by atoms with Gasteiger partial charge in [-0.25, -0.2) is 8.78 Å². The van der Waals surface area contributed by atoms with Crippen LogP contribution in [0.15, 0.2) is 111 Å². The third-order valence-electron chi connectivity index (χ3n) is 5.45. The Kier molecular flexibility index (Phi) is 6.62. The van der Waals surface area contributed by atoms with Gasteiger partial charge in [0.15, 0.2) is 10.7 Å². The summed E-state index contributed by atoms with van der Waals surface area (Å²) in [4.78, 5) is 1.52. The summed E-state index contributed by atoms with van der Waals surface area (Å²) in [5, 5.41) is 0.